The second-order valence-corrected chi connectivity index (χ2v) is 6.76. The number of thiocarbonyl (C=S) groups is 1. The highest BCUT2D eigenvalue weighted by molar-refractivity contribution is 7.78. The summed E-state index contributed by atoms with van der Waals surface area (Å²) in [5.74, 6) is -2.11. The molecular weight excluding hydrogens is 393 g/mol. The number of para-hydroxylation sites is 1. The van der Waals surface area contributed by atoms with Crippen LogP contribution >= 0.6 is 12.2 Å². The minimum absolute atomic E-state index is 0.0383. The van der Waals surface area contributed by atoms with Crippen LogP contribution in [0.4, 0.5) is 10.1 Å². The van der Waals surface area contributed by atoms with E-state index in [2.05, 4.69) is 10.6 Å². The molecule has 1 heterocycles. The van der Waals surface area contributed by atoms with Crippen molar-refractivity contribution in [2.45, 2.75) is 19.4 Å². The topological polar surface area (TPSA) is 81.7 Å². The van der Waals surface area contributed by atoms with E-state index < -0.39 is 23.6 Å². The number of benzene rings is 2. The van der Waals surface area contributed by atoms with Crippen molar-refractivity contribution in [2.24, 2.45) is 0 Å². The Morgan fingerprint density at radius 3 is 2.59 bits per heavy atom. The molecule has 29 heavy (non-hydrogen) atoms. The summed E-state index contributed by atoms with van der Waals surface area (Å²) in [6.07, 6.45) is 0.621. The number of halogens is 1. The molecule has 1 atom stereocenters. The zero-order valence-corrected chi connectivity index (χ0v) is 16.5. The van der Waals surface area contributed by atoms with Gasteiger partial charge < -0.3 is 20.6 Å². The number of nitrogens with one attached hydrogen (secondary N) is 2. The molecule has 0 saturated carbocycles. The maximum absolute atomic E-state index is 14.1. The van der Waals surface area contributed by atoms with Gasteiger partial charge in [-0.3, -0.25) is 9.59 Å². The van der Waals surface area contributed by atoms with Crippen molar-refractivity contribution in [2.75, 3.05) is 11.9 Å². The Labute approximate surface area is 173 Å². The molecule has 0 radical (unpaired) electrons. The van der Waals surface area contributed by atoms with Crippen LogP contribution < -0.4 is 10.6 Å². The van der Waals surface area contributed by atoms with E-state index in [1.165, 1.54) is 30.0 Å². The van der Waals surface area contributed by atoms with Crippen molar-refractivity contribution < 1.29 is 19.1 Å². The monoisotopic (exact) mass is 413 g/mol. The molecular formula is C21H20FN3O3S. The van der Waals surface area contributed by atoms with Crippen LogP contribution in [0.15, 0.2) is 60.0 Å². The molecule has 1 aliphatic heterocycles. The number of aliphatic hydroxyl groups is 1. The first-order valence-corrected chi connectivity index (χ1v) is 9.45. The van der Waals surface area contributed by atoms with Gasteiger partial charge in [-0.25, -0.2) is 4.39 Å². The SMILES string of the molecule is CC(=O)N1CCc2ccccc2[C@H]1/C(C(=O)Nc1ccccc1F)=C(/O)NC=S. The zero-order valence-electron chi connectivity index (χ0n) is 15.7. The summed E-state index contributed by atoms with van der Waals surface area (Å²) in [4.78, 5) is 27.0. The maximum Gasteiger partial charge on any atom is 0.259 e. The summed E-state index contributed by atoms with van der Waals surface area (Å²) in [5, 5.41) is 15.5. The number of fused-ring (bicyclic) bond motifs is 1. The lowest BCUT2D eigenvalue weighted by atomic mass is 9.87. The van der Waals surface area contributed by atoms with E-state index in [1.54, 1.807) is 18.2 Å². The molecule has 0 unspecified atom stereocenters. The summed E-state index contributed by atoms with van der Waals surface area (Å²) in [7, 11) is 0. The Morgan fingerprint density at radius 1 is 1.21 bits per heavy atom. The molecule has 3 N–H and O–H groups in total. The second kappa shape index (κ2) is 8.83. The summed E-state index contributed by atoms with van der Waals surface area (Å²) in [6, 6.07) is 12.2. The lowest BCUT2D eigenvalue weighted by molar-refractivity contribution is -0.131. The minimum atomic E-state index is -0.855. The van der Waals surface area contributed by atoms with Crippen LogP contribution in [0.3, 0.4) is 0 Å². The fraction of sp³-hybridized carbons (Fsp3) is 0.190. The average Bonchev–Trinajstić information content (AvgIpc) is 2.70. The van der Waals surface area contributed by atoms with Crippen LogP contribution in [0.2, 0.25) is 0 Å². The fourth-order valence-corrected chi connectivity index (χ4v) is 3.58. The quantitative estimate of drug-likeness (QED) is 0.398. The summed E-state index contributed by atoms with van der Waals surface area (Å²) < 4.78 is 14.1. The van der Waals surface area contributed by atoms with Crippen molar-refractivity contribution in [3.63, 3.8) is 0 Å². The average molecular weight is 413 g/mol. The molecule has 0 spiro atoms. The number of anilines is 1. The van der Waals surface area contributed by atoms with Crippen molar-refractivity contribution in [3.8, 4) is 0 Å². The third kappa shape index (κ3) is 4.27. The van der Waals surface area contributed by atoms with Gasteiger partial charge in [0.1, 0.15) is 11.4 Å². The van der Waals surface area contributed by atoms with Crippen LogP contribution in [0.1, 0.15) is 24.1 Å². The molecule has 8 heteroatoms. The highest BCUT2D eigenvalue weighted by Gasteiger charge is 2.37. The number of amides is 2. The predicted octanol–water partition coefficient (Wildman–Crippen LogP) is 3.23. The zero-order chi connectivity index (χ0) is 21.0. The van der Waals surface area contributed by atoms with E-state index in [0.717, 1.165) is 11.1 Å². The van der Waals surface area contributed by atoms with Gasteiger partial charge in [-0.15, -0.1) is 0 Å². The van der Waals surface area contributed by atoms with E-state index in [0.29, 0.717) is 18.5 Å². The molecule has 3 rings (SSSR count). The van der Waals surface area contributed by atoms with Crippen molar-refractivity contribution in [1.29, 1.82) is 0 Å². The first-order chi connectivity index (χ1) is 13.9. The highest BCUT2D eigenvalue weighted by Crippen LogP contribution is 2.36. The van der Waals surface area contributed by atoms with Gasteiger partial charge in [0.2, 0.25) is 5.91 Å². The number of rotatable bonds is 5. The van der Waals surface area contributed by atoms with E-state index >= 15 is 0 Å². The number of carbonyl (C=O) groups excluding carboxylic acids is 2. The van der Waals surface area contributed by atoms with Crippen LogP contribution in [0, 0.1) is 5.82 Å². The molecule has 2 aromatic carbocycles. The highest BCUT2D eigenvalue weighted by atomic mass is 32.1. The fourth-order valence-electron chi connectivity index (χ4n) is 3.46. The standard InChI is InChI=1S/C21H20FN3O3S/c1-13(26)25-11-10-14-6-2-3-7-15(14)19(25)18(20(27)23-12-29)21(28)24-17-9-5-4-8-16(17)22/h2-9,12,19,27H,10-11H2,1H3,(H,23,29)(H,24,28)/b20-18-/t19-/m0/s1. The third-order valence-electron chi connectivity index (χ3n) is 4.78. The predicted molar refractivity (Wildman–Crippen MR) is 112 cm³/mol. The molecule has 0 bridgehead atoms. The van der Waals surface area contributed by atoms with Gasteiger partial charge in [0.25, 0.3) is 5.91 Å². The number of carbonyl (C=O) groups is 2. The first kappa shape index (κ1) is 20.5. The summed E-state index contributed by atoms with van der Waals surface area (Å²) >= 11 is 4.74. The molecule has 0 aliphatic carbocycles. The third-order valence-corrected chi connectivity index (χ3v) is 4.90. The van der Waals surface area contributed by atoms with Crippen molar-refractivity contribution in [1.82, 2.24) is 10.2 Å². The van der Waals surface area contributed by atoms with Crippen LogP contribution in [-0.2, 0) is 16.0 Å². The molecule has 0 aromatic heterocycles. The largest absolute Gasteiger partial charge is 0.494 e. The minimum Gasteiger partial charge on any atom is -0.494 e. The van der Waals surface area contributed by atoms with E-state index in [4.69, 9.17) is 12.2 Å². The number of aliphatic hydroxyl groups excluding tert-OH is 1. The Bertz CT molecular complexity index is 993. The van der Waals surface area contributed by atoms with E-state index in [1.807, 2.05) is 12.1 Å². The lowest BCUT2D eigenvalue weighted by Gasteiger charge is -2.37. The Morgan fingerprint density at radius 2 is 1.90 bits per heavy atom. The molecule has 150 valence electrons. The van der Waals surface area contributed by atoms with Crippen molar-refractivity contribution in [3.05, 3.63) is 76.9 Å². The van der Waals surface area contributed by atoms with Gasteiger partial charge >= 0.3 is 0 Å². The van der Waals surface area contributed by atoms with Gasteiger partial charge in [-0.2, -0.15) is 0 Å². The normalized spacial score (nSPS) is 16.3. The Kier molecular flexibility index (Phi) is 6.23. The maximum atomic E-state index is 14.1. The molecule has 2 amide bonds. The van der Waals surface area contributed by atoms with Gasteiger partial charge in [0.05, 0.1) is 17.2 Å². The summed E-state index contributed by atoms with van der Waals surface area (Å²) in [6.45, 7) is 1.77. The molecule has 0 saturated heterocycles. The van der Waals surface area contributed by atoms with Crippen LogP contribution in [0.25, 0.3) is 0 Å². The Hall–Kier alpha value is -3.26. The molecule has 1 aliphatic rings. The Balaban J connectivity index is 2.12. The molecule has 0 fully saturated rings. The number of hydrogen-bond acceptors (Lipinski definition) is 4. The molecule has 6 nitrogen and oxygen atoms in total. The number of hydrogen-bond donors (Lipinski definition) is 3. The van der Waals surface area contributed by atoms with Gasteiger partial charge in [-0.05, 0) is 29.7 Å². The van der Waals surface area contributed by atoms with Crippen LogP contribution in [0.5, 0.6) is 0 Å². The summed E-state index contributed by atoms with van der Waals surface area (Å²) in [5.41, 5.74) is 2.56. The van der Waals surface area contributed by atoms with Gasteiger partial charge in [0, 0.05) is 13.5 Å². The second-order valence-electron chi connectivity index (χ2n) is 6.52. The number of nitrogens with zero attached hydrogens (tertiary/aromatic N) is 1. The van der Waals surface area contributed by atoms with E-state index in [-0.39, 0.29) is 17.2 Å². The molecule has 2 aromatic rings. The van der Waals surface area contributed by atoms with Gasteiger partial charge in [0.15, 0.2) is 5.88 Å². The lowest BCUT2D eigenvalue weighted by Crippen LogP contribution is -2.43. The van der Waals surface area contributed by atoms with Gasteiger partial charge in [-0.1, -0.05) is 48.6 Å². The first-order valence-electron chi connectivity index (χ1n) is 8.98. The van der Waals surface area contributed by atoms with E-state index in [9.17, 15) is 19.1 Å². The van der Waals surface area contributed by atoms with Crippen LogP contribution in [-0.4, -0.2) is 33.9 Å². The van der Waals surface area contributed by atoms with Crippen molar-refractivity contribution >= 4 is 35.2 Å². The smallest absolute Gasteiger partial charge is 0.259 e.